The topological polar surface area (TPSA) is 32.8 Å². The van der Waals surface area contributed by atoms with Crippen LogP contribution >= 0.6 is 28.7 Å². The molecule has 1 heterocycles. The van der Waals surface area contributed by atoms with E-state index >= 15 is 0 Å². The van der Waals surface area contributed by atoms with Gasteiger partial charge < -0.3 is 14.5 Å². The lowest BCUT2D eigenvalue weighted by molar-refractivity contribution is -0.116. The van der Waals surface area contributed by atoms with E-state index in [4.69, 9.17) is 4.74 Å². The number of hydrogen-bond donors (Lipinski definition) is 0. The van der Waals surface area contributed by atoms with Crippen molar-refractivity contribution in [3.8, 4) is 5.75 Å². The molecule has 0 spiro atoms. The third kappa shape index (κ3) is 13.2. The number of amides is 1. The number of allylic oxidation sites excluding steroid dienone is 1. The van der Waals surface area contributed by atoms with Crippen molar-refractivity contribution in [2.75, 3.05) is 17.4 Å². The Morgan fingerprint density at radius 1 is 0.902 bits per heavy atom. The normalized spacial score (nSPS) is 12.7. The van der Waals surface area contributed by atoms with Gasteiger partial charge in [0.05, 0.1) is 19.0 Å². The lowest BCUT2D eigenvalue weighted by atomic mass is 10.1. The van der Waals surface area contributed by atoms with E-state index in [0.29, 0.717) is 13.2 Å². The standard InChI is InChI=1S/C34H49FN2O2S.BrH/c1-4-5-6-7-8-9-10-11-12-13-14-15-22-39-34-21-18-31(23-33(34)35)26-37(29(3)38)32-19-16-30(17-20-32)25-36-24-28(2)40-27-36;/h16-21,23-24H,4-15,22,25-27H2,1-3H3;1H. The quantitative estimate of drug-likeness (QED) is 0.142. The van der Waals surface area contributed by atoms with Crippen molar-refractivity contribution in [2.24, 2.45) is 0 Å². The second-order valence-electron chi connectivity index (χ2n) is 11.0. The number of unbranched alkanes of at least 4 members (excludes halogenated alkanes) is 11. The summed E-state index contributed by atoms with van der Waals surface area (Å²) in [5.74, 6) is 0.810. The molecule has 0 atom stereocenters. The van der Waals surface area contributed by atoms with Crippen LogP contribution < -0.4 is 9.64 Å². The van der Waals surface area contributed by atoms with Gasteiger partial charge in [0, 0.05) is 25.4 Å². The molecule has 2 aromatic rings. The summed E-state index contributed by atoms with van der Waals surface area (Å²) in [5, 5.41) is 0. The van der Waals surface area contributed by atoms with E-state index < -0.39 is 0 Å². The summed E-state index contributed by atoms with van der Waals surface area (Å²) < 4.78 is 20.5. The highest BCUT2D eigenvalue weighted by atomic mass is 79.9. The van der Waals surface area contributed by atoms with Crippen molar-refractivity contribution in [3.63, 3.8) is 0 Å². The number of anilines is 1. The van der Waals surface area contributed by atoms with E-state index in [0.717, 1.165) is 36.5 Å². The van der Waals surface area contributed by atoms with Crippen molar-refractivity contribution in [2.45, 2.75) is 111 Å². The molecule has 1 aliphatic heterocycles. The predicted octanol–water partition coefficient (Wildman–Crippen LogP) is 10.4. The lowest BCUT2D eigenvalue weighted by Crippen LogP contribution is -2.27. The van der Waals surface area contributed by atoms with Crippen LogP contribution in [0, 0.1) is 5.82 Å². The van der Waals surface area contributed by atoms with E-state index in [-0.39, 0.29) is 34.5 Å². The number of rotatable bonds is 19. The SMILES string of the molecule is Br.CCCCCCCCCCCCCCOc1ccc(CN(C(C)=O)c2ccc(CN3C=C(C)SC3)cc2)cc1F. The second-order valence-corrected chi connectivity index (χ2v) is 12.2. The molecule has 0 N–H and O–H groups in total. The number of carbonyl (C=O) groups excluding carboxylic acids is 1. The molecule has 0 aliphatic carbocycles. The number of hydrogen-bond acceptors (Lipinski definition) is 4. The van der Waals surface area contributed by atoms with E-state index in [2.05, 4.69) is 37.1 Å². The highest BCUT2D eigenvalue weighted by Crippen LogP contribution is 2.27. The summed E-state index contributed by atoms with van der Waals surface area (Å²) in [5.41, 5.74) is 2.75. The molecule has 1 amide bonds. The molecule has 1 aliphatic rings. The van der Waals surface area contributed by atoms with Crippen LogP contribution in [0.1, 0.15) is 109 Å². The Morgan fingerprint density at radius 3 is 2.02 bits per heavy atom. The van der Waals surface area contributed by atoms with Crippen molar-refractivity contribution in [1.29, 1.82) is 0 Å². The zero-order valence-corrected chi connectivity index (χ0v) is 27.9. The number of ether oxygens (including phenoxy) is 1. The van der Waals surface area contributed by atoms with Crippen LogP contribution in [0.25, 0.3) is 0 Å². The minimum atomic E-state index is -0.373. The third-order valence-corrected chi connectivity index (χ3v) is 8.45. The Morgan fingerprint density at radius 2 is 1.49 bits per heavy atom. The van der Waals surface area contributed by atoms with Gasteiger partial charge in [-0.05, 0) is 53.6 Å². The van der Waals surface area contributed by atoms with E-state index in [9.17, 15) is 9.18 Å². The minimum absolute atomic E-state index is 0. The van der Waals surface area contributed by atoms with Gasteiger partial charge in [0.2, 0.25) is 5.91 Å². The molecule has 0 aromatic heterocycles. The largest absolute Gasteiger partial charge is 0.491 e. The Labute approximate surface area is 262 Å². The van der Waals surface area contributed by atoms with E-state index in [1.165, 1.54) is 80.7 Å². The first-order chi connectivity index (χ1) is 19.5. The Hall–Kier alpha value is -1.99. The van der Waals surface area contributed by atoms with Gasteiger partial charge in [0.1, 0.15) is 0 Å². The van der Waals surface area contributed by atoms with Crippen LogP contribution in [0.4, 0.5) is 10.1 Å². The molecular weight excluding hydrogens is 599 g/mol. The predicted molar refractivity (Wildman–Crippen MR) is 178 cm³/mol. The van der Waals surface area contributed by atoms with Crippen LogP contribution in [0.3, 0.4) is 0 Å². The van der Waals surface area contributed by atoms with Crippen molar-refractivity contribution in [1.82, 2.24) is 4.90 Å². The Kier molecular flexibility index (Phi) is 17.2. The molecule has 0 saturated heterocycles. The van der Waals surface area contributed by atoms with Gasteiger partial charge >= 0.3 is 0 Å². The third-order valence-electron chi connectivity index (χ3n) is 7.43. The summed E-state index contributed by atoms with van der Waals surface area (Å²) in [6.45, 7) is 7.63. The van der Waals surface area contributed by atoms with Crippen LogP contribution in [0.5, 0.6) is 5.75 Å². The van der Waals surface area contributed by atoms with Crippen LogP contribution in [-0.4, -0.2) is 23.3 Å². The maximum absolute atomic E-state index is 14.8. The fraction of sp³-hybridized carbons (Fsp3) is 0.559. The van der Waals surface area contributed by atoms with Gasteiger partial charge in [0.25, 0.3) is 0 Å². The fourth-order valence-corrected chi connectivity index (χ4v) is 5.83. The number of carbonyl (C=O) groups is 1. The van der Waals surface area contributed by atoms with Gasteiger partial charge in [-0.2, -0.15) is 0 Å². The molecule has 0 bridgehead atoms. The van der Waals surface area contributed by atoms with Gasteiger partial charge in [-0.25, -0.2) is 4.39 Å². The smallest absolute Gasteiger partial charge is 0.224 e. The zero-order chi connectivity index (χ0) is 28.6. The molecule has 41 heavy (non-hydrogen) atoms. The van der Waals surface area contributed by atoms with Crippen molar-refractivity contribution >= 4 is 40.3 Å². The molecular formula is C34H50BrFN2O2S. The summed E-state index contributed by atoms with van der Waals surface area (Å²) >= 11 is 1.85. The number of benzene rings is 2. The second kappa shape index (κ2) is 20.0. The Bertz CT molecular complexity index is 1060. The summed E-state index contributed by atoms with van der Waals surface area (Å²) in [7, 11) is 0. The first kappa shape index (κ1) is 35.2. The first-order valence-electron chi connectivity index (χ1n) is 15.3. The van der Waals surface area contributed by atoms with Crippen molar-refractivity contribution < 1.29 is 13.9 Å². The van der Waals surface area contributed by atoms with Crippen molar-refractivity contribution in [3.05, 3.63) is 70.5 Å². The maximum atomic E-state index is 14.8. The molecule has 7 heteroatoms. The van der Waals surface area contributed by atoms with Crippen LogP contribution in [0.15, 0.2) is 53.6 Å². The zero-order valence-electron chi connectivity index (χ0n) is 25.3. The molecule has 4 nitrogen and oxygen atoms in total. The lowest BCUT2D eigenvalue weighted by Gasteiger charge is -2.22. The molecule has 0 saturated carbocycles. The monoisotopic (exact) mass is 648 g/mol. The van der Waals surface area contributed by atoms with Crippen LogP contribution in [-0.2, 0) is 17.9 Å². The van der Waals surface area contributed by atoms with Crippen LogP contribution in [0.2, 0.25) is 0 Å². The highest BCUT2D eigenvalue weighted by molar-refractivity contribution is 8.93. The number of thioether (sulfide) groups is 1. The minimum Gasteiger partial charge on any atom is -0.491 e. The van der Waals surface area contributed by atoms with Gasteiger partial charge in [-0.3, -0.25) is 4.79 Å². The van der Waals surface area contributed by atoms with Gasteiger partial charge in [-0.15, -0.1) is 28.7 Å². The molecule has 0 radical (unpaired) electrons. The Balaban J connectivity index is 0.00000588. The molecule has 0 unspecified atom stereocenters. The molecule has 3 rings (SSSR count). The fourth-order valence-electron chi connectivity index (χ4n) is 5.08. The molecule has 228 valence electrons. The highest BCUT2D eigenvalue weighted by Gasteiger charge is 2.15. The van der Waals surface area contributed by atoms with Gasteiger partial charge in [0.15, 0.2) is 11.6 Å². The summed E-state index contributed by atoms with van der Waals surface area (Å²) in [6, 6.07) is 13.1. The number of halogens is 2. The summed E-state index contributed by atoms with van der Waals surface area (Å²) in [6.07, 6.45) is 17.6. The van der Waals surface area contributed by atoms with E-state index in [1.54, 1.807) is 17.9 Å². The van der Waals surface area contributed by atoms with Gasteiger partial charge in [-0.1, -0.05) is 95.8 Å². The summed E-state index contributed by atoms with van der Waals surface area (Å²) in [4.78, 5) is 17.7. The van der Waals surface area contributed by atoms with E-state index in [1.807, 2.05) is 30.0 Å². The maximum Gasteiger partial charge on any atom is 0.224 e. The molecule has 2 aromatic carbocycles. The average Bonchev–Trinajstić information content (AvgIpc) is 3.35. The first-order valence-corrected chi connectivity index (χ1v) is 16.3. The molecule has 0 fully saturated rings. The average molecular weight is 650 g/mol. The number of nitrogens with zero attached hydrogens (tertiary/aromatic N) is 2.